The smallest absolute Gasteiger partial charge is 0.214 e. The van der Waals surface area contributed by atoms with Crippen LogP contribution in [0.1, 0.15) is 57.8 Å². The van der Waals surface area contributed by atoms with E-state index in [0.717, 1.165) is 57.8 Å². The molecule has 0 spiro atoms. The third-order valence-electron chi connectivity index (χ3n) is 4.04. The summed E-state index contributed by atoms with van der Waals surface area (Å²) in [7, 11) is -3.22. The highest BCUT2D eigenvalue weighted by Crippen LogP contribution is 2.26. The molecule has 0 aromatic carbocycles. The summed E-state index contributed by atoms with van der Waals surface area (Å²) in [6.07, 6.45) is 7.67. The van der Waals surface area contributed by atoms with Crippen LogP contribution in [0.2, 0.25) is 0 Å². The van der Waals surface area contributed by atoms with Crippen LogP contribution in [0.25, 0.3) is 0 Å². The molecule has 0 saturated heterocycles. The number of rotatable bonds is 3. The zero-order valence-electron chi connectivity index (χ0n) is 10.3. The molecule has 4 nitrogen and oxygen atoms in total. The van der Waals surface area contributed by atoms with Gasteiger partial charge < -0.3 is 5.11 Å². The lowest BCUT2D eigenvalue weighted by Crippen LogP contribution is -2.45. The van der Waals surface area contributed by atoms with E-state index in [4.69, 9.17) is 0 Å². The number of hydrogen-bond acceptors (Lipinski definition) is 3. The monoisotopic (exact) mass is 261 g/mol. The van der Waals surface area contributed by atoms with Crippen LogP contribution in [0.4, 0.5) is 0 Å². The average molecular weight is 261 g/mol. The Kier molecular flexibility index (Phi) is 4.44. The third-order valence-corrected chi connectivity index (χ3v) is 6.02. The molecule has 0 amide bonds. The summed E-state index contributed by atoms with van der Waals surface area (Å²) in [6.45, 7) is 0. The van der Waals surface area contributed by atoms with Crippen molar-refractivity contribution < 1.29 is 13.5 Å². The lowest BCUT2D eigenvalue weighted by molar-refractivity contribution is 0.130. The summed E-state index contributed by atoms with van der Waals surface area (Å²) >= 11 is 0. The molecule has 2 fully saturated rings. The normalized spacial score (nSPS) is 32.5. The van der Waals surface area contributed by atoms with Gasteiger partial charge in [0.25, 0.3) is 0 Å². The topological polar surface area (TPSA) is 66.4 Å². The first-order chi connectivity index (χ1) is 8.09. The Balaban J connectivity index is 1.98. The van der Waals surface area contributed by atoms with Gasteiger partial charge in [-0.3, -0.25) is 0 Å². The molecule has 2 aliphatic rings. The van der Waals surface area contributed by atoms with E-state index in [9.17, 15) is 13.5 Å². The molecular formula is C12H23NO3S. The number of aliphatic hydroxyl groups is 1. The maximum atomic E-state index is 12.1. The molecule has 2 N–H and O–H groups in total. The van der Waals surface area contributed by atoms with Crippen LogP contribution in [-0.4, -0.2) is 30.9 Å². The Morgan fingerprint density at radius 1 is 0.882 bits per heavy atom. The predicted molar refractivity (Wildman–Crippen MR) is 67.2 cm³/mol. The largest absolute Gasteiger partial charge is 0.391 e. The fourth-order valence-corrected chi connectivity index (χ4v) is 4.77. The first kappa shape index (κ1) is 13.3. The van der Waals surface area contributed by atoms with Crippen LogP contribution in [0.5, 0.6) is 0 Å². The van der Waals surface area contributed by atoms with E-state index in [-0.39, 0.29) is 11.3 Å². The summed E-state index contributed by atoms with van der Waals surface area (Å²) < 4.78 is 27.0. The number of nitrogens with one attached hydrogen (secondary N) is 1. The highest BCUT2D eigenvalue weighted by atomic mass is 32.2. The van der Waals surface area contributed by atoms with Crippen molar-refractivity contribution in [2.24, 2.45) is 0 Å². The summed E-state index contributed by atoms with van der Waals surface area (Å²) in [5.74, 6) is 0. The molecule has 0 bridgehead atoms. The second-order valence-corrected chi connectivity index (χ2v) is 7.37. The lowest BCUT2D eigenvalue weighted by atomic mass is 10.1. The molecule has 0 heterocycles. The van der Waals surface area contributed by atoms with Crippen molar-refractivity contribution in [3.8, 4) is 0 Å². The molecule has 0 aromatic heterocycles. The van der Waals surface area contributed by atoms with Crippen molar-refractivity contribution in [1.82, 2.24) is 4.72 Å². The third kappa shape index (κ3) is 3.42. The Hall–Kier alpha value is -0.130. The van der Waals surface area contributed by atoms with Crippen molar-refractivity contribution in [3.63, 3.8) is 0 Å². The van der Waals surface area contributed by atoms with E-state index < -0.39 is 16.1 Å². The zero-order valence-corrected chi connectivity index (χ0v) is 11.1. The Labute approximate surface area is 104 Å². The molecule has 17 heavy (non-hydrogen) atoms. The van der Waals surface area contributed by atoms with Gasteiger partial charge in [-0.15, -0.1) is 0 Å². The van der Waals surface area contributed by atoms with Crippen LogP contribution in [0, 0.1) is 0 Å². The molecule has 5 heteroatoms. The van der Waals surface area contributed by atoms with E-state index >= 15 is 0 Å². The van der Waals surface area contributed by atoms with Crippen molar-refractivity contribution in [3.05, 3.63) is 0 Å². The van der Waals surface area contributed by atoms with Gasteiger partial charge in [0.2, 0.25) is 10.0 Å². The molecular weight excluding hydrogens is 238 g/mol. The Morgan fingerprint density at radius 3 is 2.18 bits per heavy atom. The fraction of sp³-hybridized carbons (Fsp3) is 1.00. The van der Waals surface area contributed by atoms with E-state index in [1.807, 2.05) is 0 Å². The second kappa shape index (κ2) is 5.67. The van der Waals surface area contributed by atoms with Crippen molar-refractivity contribution >= 4 is 10.0 Å². The standard InChI is InChI=1S/C12H23NO3S/c14-12-9-3-1-2-8-11(12)13-17(15,16)10-6-4-5-7-10/h10-14H,1-9H2. The molecule has 0 radical (unpaired) electrons. The zero-order chi connectivity index (χ0) is 12.3. The predicted octanol–water partition coefficient (Wildman–Crippen LogP) is 1.54. The van der Waals surface area contributed by atoms with Gasteiger partial charge in [-0.25, -0.2) is 13.1 Å². The minimum absolute atomic E-state index is 0.224. The SMILES string of the molecule is O=S(=O)(NC1CCCCCC1O)C1CCCC1. The molecule has 2 unspecified atom stereocenters. The van der Waals surface area contributed by atoms with E-state index in [2.05, 4.69) is 4.72 Å². The van der Waals surface area contributed by atoms with Crippen LogP contribution < -0.4 is 4.72 Å². The van der Waals surface area contributed by atoms with Gasteiger partial charge in [-0.2, -0.15) is 0 Å². The molecule has 0 aromatic rings. The molecule has 2 atom stereocenters. The van der Waals surface area contributed by atoms with Crippen LogP contribution >= 0.6 is 0 Å². The van der Waals surface area contributed by atoms with Crippen LogP contribution in [0.3, 0.4) is 0 Å². The summed E-state index contributed by atoms with van der Waals surface area (Å²) in [5, 5.41) is 9.70. The van der Waals surface area contributed by atoms with Crippen molar-refractivity contribution in [2.75, 3.05) is 0 Å². The molecule has 0 aliphatic heterocycles. The van der Waals surface area contributed by atoms with Crippen LogP contribution in [-0.2, 0) is 10.0 Å². The number of aliphatic hydroxyl groups excluding tert-OH is 1. The van der Waals surface area contributed by atoms with Crippen molar-refractivity contribution in [1.29, 1.82) is 0 Å². The number of sulfonamides is 1. The van der Waals surface area contributed by atoms with Gasteiger partial charge >= 0.3 is 0 Å². The number of hydrogen-bond donors (Lipinski definition) is 2. The minimum Gasteiger partial charge on any atom is -0.391 e. The van der Waals surface area contributed by atoms with Gasteiger partial charge in [0.05, 0.1) is 11.4 Å². The summed E-state index contributed by atoms with van der Waals surface area (Å²) in [6, 6.07) is -0.261. The minimum atomic E-state index is -3.22. The Morgan fingerprint density at radius 2 is 1.47 bits per heavy atom. The first-order valence-corrected chi connectivity index (χ1v) is 8.33. The highest BCUT2D eigenvalue weighted by molar-refractivity contribution is 7.90. The molecule has 2 saturated carbocycles. The van der Waals surface area contributed by atoms with E-state index in [0.29, 0.717) is 0 Å². The maximum Gasteiger partial charge on any atom is 0.214 e. The maximum absolute atomic E-state index is 12.1. The summed E-state index contributed by atoms with van der Waals surface area (Å²) in [5.41, 5.74) is 0. The average Bonchev–Trinajstić information content (AvgIpc) is 2.74. The summed E-state index contributed by atoms with van der Waals surface area (Å²) in [4.78, 5) is 0. The fourth-order valence-electron chi connectivity index (χ4n) is 2.93. The quantitative estimate of drug-likeness (QED) is 0.757. The van der Waals surface area contributed by atoms with Gasteiger partial charge in [-0.05, 0) is 25.7 Å². The molecule has 100 valence electrons. The van der Waals surface area contributed by atoms with Crippen LogP contribution in [0.15, 0.2) is 0 Å². The van der Waals surface area contributed by atoms with Gasteiger partial charge in [0, 0.05) is 6.04 Å². The lowest BCUT2D eigenvalue weighted by Gasteiger charge is -2.23. The van der Waals surface area contributed by atoms with Gasteiger partial charge in [0.1, 0.15) is 0 Å². The highest BCUT2D eigenvalue weighted by Gasteiger charge is 2.33. The Bertz CT molecular complexity index is 336. The van der Waals surface area contributed by atoms with E-state index in [1.165, 1.54) is 0 Å². The molecule has 2 aliphatic carbocycles. The second-order valence-electron chi connectivity index (χ2n) is 5.38. The van der Waals surface area contributed by atoms with Crippen molar-refractivity contribution in [2.45, 2.75) is 75.2 Å². The molecule has 2 rings (SSSR count). The van der Waals surface area contributed by atoms with Gasteiger partial charge in [0.15, 0.2) is 0 Å². The van der Waals surface area contributed by atoms with Gasteiger partial charge in [-0.1, -0.05) is 32.1 Å². The first-order valence-electron chi connectivity index (χ1n) is 6.79. The van der Waals surface area contributed by atoms with E-state index in [1.54, 1.807) is 0 Å².